The lowest BCUT2D eigenvalue weighted by Crippen LogP contribution is -2.44. The van der Waals surface area contributed by atoms with Crippen LogP contribution >= 0.6 is 11.3 Å². The quantitative estimate of drug-likeness (QED) is 0.411. The standard InChI is InChI=1S/C23H31F2N5O4S2/c24-17-5-1-6-18(25)19(17)20(32)21-22(26)28-23(35-21)27-15-7-11-30(12-8-15)36(33,34)13-3-10-29-9-2-4-16(31)14-29/h1,5-6,15-16,31H,2-4,7-14,26H2,(H,27,28). The molecule has 4 rings (SSSR count). The second-order valence-electron chi connectivity index (χ2n) is 9.24. The average Bonchev–Trinajstić information content (AvgIpc) is 3.19. The number of benzene rings is 1. The fourth-order valence-corrected chi connectivity index (χ4v) is 7.10. The minimum Gasteiger partial charge on any atom is -0.392 e. The molecule has 3 heterocycles. The van der Waals surface area contributed by atoms with Gasteiger partial charge >= 0.3 is 0 Å². The third-order valence-electron chi connectivity index (χ3n) is 6.58. The number of carbonyl (C=O) groups is 1. The zero-order chi connectivity index (χ0) is 25.9. The van der Waals surface area contributed by atoms with Gasteiger partial charge in [0.15, 0.2) is 5.13 Å². The van der Waals surface area contributed by atoms with Crippen molar-refractivity contribution in [2.24, 2.45) is 0 Å². The molecule has 1 unspecified atom stereocenters. The Morgan fingerprint density at radius 3 is 2.56 bits per heavy atom. The van der Waals surface area contributed by atoms with Crippen LogP contribution in [0.5, 0.6) is 0 Å². The third kappa shape index (κ3) is 6.38. The van der Waals surface area contributed by atoms with E-state index in [4.69, 9.17) is 5.73 Å². The van der Waals surface area contributed by atoms with E-state index in [0.29, 0.717) is 50.6 Å². The maximum Gasteiger partial charge on any atom is 0.214 e. The number of sulfonamides is 1. The second kappa shape index (κ2) is 11.5. The molecule has 9 nitrogen and oxygen atoms in total. The molecule has 0 spiro atoms. The van der Waals surface area contributed by atoms with Gasteiger partial charge in [-0.25, -0.2) is 26.5 Å². The Morgan fingerprint density at radius 1 is 1.19 bits per heavy atom. The van der Waals surface area contributed by atoms with Crippen molar-refractivity contribution in [2.45, 2.75) is 44.2 Å². The number of nitrogen functional groups attached to an aromatic ring is 1. The molecular formula is C23H31F2N5O4S2. The van der Waals surface area contributed by atoms with E-state index in [1.165, 1.54) is 10.4 Å². The van der Waals surface area contributed by atoms with Crippen molar-refractivity contribution in [3.8, 4) is 0 Å². The Balaban J connectivity index is 1.28. The number of piperidine rings is 2. The van der Waals surface area contributed by atoms with E-state index in [2.05, 4.69) is 15.2 Å². The lowest BCUT2D eigenvalue weighted by Gasteiger charge is -2.32. The van der Waals surface area contributed by atoms with Gasteiger partial charge in [-0.2, -0.15) is 0 Å². The number of aliphatic hydroxyl groups is 1. The molecule has 2 aromatic rings. The molecule has 0 radical (unpaired) electrons. The molecule has 1 aromatic carbocycles. The molecule has 36 heavy (non-hydrogen) atoms. The molecular weight excluding hydrogens is 512 g/mol. The van der Waals surface area contributed by atoms with E-state index >= 15 is 0 Å². The summed E-state index contributed by atoms with van der Waals surface area (Å²) < 4.78 is 55.1. The van der Waals surface area contributed by atoms with Crippen LogP contribution in [0.15, 0.2) is 18.2 Å². The molecule has 0 amide bonds. The number of carbonyl (C=O) groups excluding carboxylic acids is 1. The number of β-amino-alcohol motifs (C(OH)–C–C–N with tert-alkyl or cyclic N) is 1. The fraction of sp³-hybridized carbons (Fsp3) is 0.565. The number of anilines is 2. The summed E-state index contributed by atoms with van der Waals surface area (Å²) in [6.07, 6.45) is 3.00. The number of rotatable bonds is 9. The highest BCUT2D eigenvalue weighted by molar-refractivity contribution is 7.89. The molecule has 0 aliphatic carbocycles. The number of ketones is 1. The number of hydrogen-bond acceptors (Lipinski definition) is 9. The lowest BCUT2D eigenvalue weighted by atomic mass is 10.1. The first-order chi connectivity index (χ1) is 17.1. The molecule has 1 aromatic heterocycles. The van der Waals surface area contributed by atoms with Crippen LogP contribution in [0.25, 0.3) is 0 Å². The van der Waals surface area contributed by atoms with Gasteiger partial charge in [-0.1, -0.05) is 17.4 Å². The highest BCUT2D eigenvalue weighted by Crippen LogP contribution is 2.30. The van der Waals surface area contributed by atoms with Crippen molar-refractivity contribution >= 4 is 38.1 Å². The molecule has 2 fully saturated rings. The number of likely N-dealkylation sites (tertiary alicyclic amines) is 1. The van der Waals surface area contributed by atoms with E-state index in [1.54, 1.807) is 0 Å². The number of nitrogens with zero attached hydrogens (tertiary/aromatic N) is 3. The average molecular weight is 544 g/mol. The smallest absolute Gasteiger partial charge is 0.214 e. The zero-order valence-electron chi connectivity index (χ0n) is 19.8. The number of aromatic nitrogens is 1. The van der Waals surface area contributed by atoms with Crippen molar-refractivity contribution in [3.63, 3.8) is 0 Å². The van der Waals surface area contributed by atoms with Crippen molar-refractivity contribution in [2.75, 3.05) is 49.5 Å². The summed E-state index contributed by atoms with van der Waals surface area (Å²) >= 11 is 0.920. The van der Waals surface area contributed by atoms with Gasteiger partial charge < -0.3 is 21.1 Å². The summed E-state index contributed by atoms with van der Waals surface area (Å²) in [6.45, 7) is 2.85. The molecule has 2 aliphatic rings. The van der Waals surface area contributed by atoms with Gasteiger partial charge in [0.1, 0.15) is 22.3 Å². The fourth-order valence-electron chi connectivity index (χ4n) is 4.67. The number of aliphatic hydroxyl groups excluding tert-OH is 1. The van der Waals surface area contributed by atoms with Crippen molar-refractivity contribution in [1.29, 1.82) is 0 Å². The Hall–Kier alpha value is -2.19. The summed E-state index contributed by atoms with van der Waals surface area (Å²) in [5.74, 6) is -2.85. The van der Waals surface area contributed by atoms with Crippen LogP contribution in [0, 0.1) is 11.6 Å². The van der Waals surface area contributed by atoms with E-state index in [1.807, 2.05) is 0 Å². The Labute approximate surface area is 213 Å². The van der Waals surface area contributed by atoms with Crippen LogP contribution in [0.3, 0.4) is 0 Å². The molecule has 198 valence electrons. The number of thiazole rings is 1. The van der Waals surface area contributed by atoms with Gasteiger partial charge in [0.05, 0.1) is 17.4 Å². The maximum atomic E-state index is 14.0. The summed E-state index contributed by atoms with van der Waals surface area (Å²) in [4.78, 5) is 18.9. The van der Waals surface area contributed by atoms with E-state index < -0.39 is 33.0 Å². The minimum atomic E-state index is -3.38. The Bertz CT molecular complexity index is 1160. The first-order valence-electron chi connectivity index (χ1n) is 12.0. The first-order valence-corrected chi connectivity index (χ1v) is 14.5. The molecule has 1 atom stereocenters. The summed E-state index contributed by atoms with van der Waals surface area (Å²) in [5, 5.41) is 13.3. The first kappa shape index (κ1) is 26.9. The highest BCUT2D eigenvalue weighted by Gasteiger charge is 2.30. The number of nitrogens with one attached hydrogen (secondary N) is 1. The maximum absolute atomic E-state index is 14.0. The molecule has 4 N–H and O–H groups in total. The SMILES string of the molecule is Nc1nc(NC2CCN(S(=O)(=O)CCCN3CCCC(O)C3)CC2)sc1C(=O)c1c(F)cccc1F. The monoisotopic (exact) mass is 543 g/mol. The number of halogens is 2. The molecule has 2 aliphatic heterocycles. The Morgan fingerprint density at radius 2 is 1.89 bits per heavy atom. The molecule has 0 bridgehead atoms. The van der Waals surface area contributed by atoms with Gasteiger partial charge in [0.2, 0.25) is 15.8 Å². The summed E-state index contributed by atoms with van der Waals surface area (Å²) in [6, 6.07) is 3.11. The van der Waals surface area contributed by atoms with Gasteiger partial charge in [-0.3, -0.25) is 4.79 Å². The normalized spacial score (nSPS) is 20.5. The van der Waals surface area contributed by atoms with E-state index in [9.17, 15) is 27.1 Å². The van der Waals surface area contributed by atoms with Gasteiger partial charge in [-0.05, 0) is 57.3 Å². The van der Waals surface area contributed by atoms with Crippen molar-refractivity contribution < 1.29 is 27.1 Å². The van der Waals surface area contributed by atoms with Gasteiger partial charge in [-0.15, -0.1) is 0 Å². The third-order valence-corrected chi connectivity index (χ3v) is 9.54. The van der Waals surface area contributed by atoms with Crippen LogP contribution in [0.1, 0.15) is 47.3 Å². The number of hydrogen-bond donors (Lipinski definition) is 3. The van der Waals surface area contributed by atoms with Crippen LogP contribution in [0.2, 0.25) is 0 Å². The van der Waals surface area contributed by atoms with E-state index in [-0.39, 0.29) is 28.6 Å². The molecule has 0 saturated carbocycles. The number of nitrogens with two attached hydrogens (primary N) is 1. The van der Waals surface area contributed by atoms with Crippen LogP contribution in [0.4, 0.5) is 19.7 Å². The minimum absolute atomic E-state index is 0.0530. The topological polar surface area (TPSA) is 129 Å². The lowest BCUT2D eigenvalue weighted by molar-refractivity contribution is 0.0709. The van der Waals surface area contributed by atoms with E-state index in [0.717, 1.165) is 42.9 Å². The summed E-state index contributed by atoms with van der Waals surface area (Å²) in [5.41, 5.74) is 5.19. The predicted octanol–water partition coefficient (Wildman–Crippen LogP) is 2.29. The summed E-state index contributed by atoms with van der Waals surface area (Å²) in [7, 11) is -3.38. The molecule has 2 saturated heterocycles. The Kier molecular flexibility index (Phi) is 8.56. The van der Waals surface area contributed by atoms with Gasteiger partial charge in [0.25, 0.3) is 0 Å². The predicted molar refractivity (Wildman–Crippen MR) is 135 cm³/mol. The zero-order valence-corrected chi connectivity index (χ0v) is 21.5. The van der Waals surface area contributed by atoms with Crippen LogP contribution < -0.4 is 11.1 Å². The van der Waals surface area contributed by atoms with Crippen molar-refractivity contribution in [1.82, 2.24) is 14.2 Å². The van der Waals surface area contributed by atoms with Crippen molar-refractivity contribution in [3.05, 3.63) is 40.3 Å². The largest absolute Gasteiger partial charge is 0.392 e. The second-order valence-corrected chi connectivity index (χ2v) is 12.3. The van der Waals surface area contributed by atoms with Gasteiger partial charge in [0, 0.05) is 25.7 Å². The van der Waals surface area contributed by atoms with Crippen LogP contribution in [-0.4, -0.2) is 84.1 Å². The van der Waals surface area contributed by atoms with Crippen LogP contribution in [-0.2, 0) is 10.0 Å². The molecule has 13 heteroatoms. The highest BCUT2D eigenvalue weighted by atomic mass is 32.2.